The zero-order valence-corrected chi connectivity index (χ0v) is 15.5. The number of hydrogen-bond acceptors (Lipinski definition) is 3. The summed E-state index contributed by atoms with van der Waals surface area (Å²) in [6, 6.07) is 13.3. The van der Waals surface area contributed by atoms with Crippen LogP contribution in [0, 0.1) is 0 Å². The van der Waals surface area contributed by atoms with Crippen molar-refractivity contribution in [3.63, 3.8) is 0 Å². The van der Waals surface area contributed by atoms with Crippen LogP contribution >= 0.6 is 0 Å². The molecule has 0 spiro atoms. The van der Waals surface area contributed by atoms with Crippen molar-refractivity contribution in [2.45, 2.75) is 51.0 Å². The van der Waals surface area contributed by atoms with E-state index in [-0.39, 0.29) is 11.8 Å². The maximum atomic E-state index is 13.2. The quantitative estimate of drug-likeness (QED) is 0.838. The normalized spacial score (nSPS) is 18.9. The third kappa shape index (κ3) is 3.87. The molecule has 0 radical (unpaired) electrons. The van der Waals surface area contributed by atoms with E-state index in [4.69, 9.17) is 4.99 Å². The van der Waals surface area contributed by atoms with Crippen molar-refractivity contribution in [2.75, 3.05) is 11.4 Å². The molecule has 2 heterocycles. The van der Waals surface area contributed by atoms with Crippen LogP contribution in [0.3, 0.4) is 0 Å². The van der Waals surface area contributed by atoms with Gasteiger partial charge in [0.2, 0.25) is 5.91 Å². The van der Waals surface area contributed by atoms with Crippen LogP contribution in [0.2, 0.25) is 0 Å². The van der Waals surface area contributed by atoms with Crippen LogP contribution in [0.4, 0.5) is 5.69 Å². The van der Waals surface area contributed by atoms with Crippen molar-refractivity contribution in [3.05, 3.63) is 59.7 Å². The predicted molar refractivity (Wildman–Crippen MR) is 105 cm³/mol. The van der Waals surface area contributed by atoms with Gasteiger partial charge in [0.15, 0.2) is 0 Å². The van der Waals surface area contributed by atoms with Gasteiger partial charge in [0, 0.05) is 30.4 Å². The number of hydrogen-bond donors (Lipinski definition) is 0. The minimum atomic E-state index is -0.112. The molecule has 0 atom stereocenters. The number of anilines is 1. The molecular weight excluding hydrogens is 338 g/mol. The van der Waals surface area contributed by atoms with Crippen LogP contribution < -0.4 is 10.4 Å². The Bertz CT molecular complexity index is 910. The van der Waals surface area contributed by atoms with Crippen LogP contribution in [0.5, 0.6) is 0 Å². The average Bonchev–Trinajstić information content (AvgIpc) is 3.15. The summed E-state index contributed by atoms with van der Waals surface area (Å²) in [4.78, 5) is 31.8. The topological polar surface area (TPSA) is 54.7 Å². The van der Waals surface area contributed by atoms with Crippen molar-refractivity contribution in [1.29, 1.82) is 0 Å². The molecular formula is C22H25N3O2. The highest BCUT2D eigenvalue weighted by Crippen LogP contribution is 2.23. The van der Waals surface area contributed by atoms with E-state index in [1.807, 2.05) is 36.4 Å². The molecule has 1 aromatic carbocycles. The standard InChI is InChI=1S/C22H25N3O2/c26-21-13-7-15-24(21)19-11-6-8-17(16-19)22(27)25-14-5-4-12-20(25)23-18-9-2-1-3-10-18/h4-6,8,11-12,14,16,18H,1-3,7,9-10,13,15H2. The lowest BCUT2D eigenvalue weighted by Crippen LogP contribution is -2.29. The molecule has 1 aliphatic heterocycles. The predicted octanol–water partition coefficient (Wildman–Crippen LogP) is 3.54. The summed E-state index contributed by atoms with van der Waals surface area (Å²) in [5.74, 6) is 0.0126. The first kappa shape index (κ1) is 17.7. The van der Waals surface area contributed by atoms with Crippen molar-refractivity contribution in [2.24, 2.45) is 4.99 Å². The van der Waals surface area contributed by atoms with E-state index >= 15 is 0 Å². The zero-order chi connectivity index (χ0) is 18.6. The maximum Gasteiger partial charge on any atom is 0.263 e. The monoisotopic (exact) mass is 363 g/mol. The molecule has 0 unspecified atom stereocenters. The van der Waals surface area contributed by atoms with Gasteiger partial charge in [-0.1, -0.05) is 31.4 Å². The lowest BCUT2D eigenvalue weighted by molar-refractivity contribution is -0.117. The van der Waals surface area contributed by atoms with E-state index in [9.17, 15) is 9.59 Å². The summed E-state index contributed by atoms with van der Waals surface area (Å²) in [5, 5.41) is 0. The van der Waals surface area contributed by atoms with Gasteiger partial charge in [0.25, 0.3) is 5.91 Å². The van der Waals surface area contributed by atoms with Crippen LogP contribution in [-0.2, 0) is 4.79 Å². The van der Waals surface area contributed by atoms with Crippen LogP contribution in [0.15, 0.2) is 53.7 Å². The van der Waals surface area contributed by atoms with Crippen molar-refractivity contribution >= 4 is 17.5 Å². The summed E-state index contributed by atoms with van der Waals surface area (Å²) in [6.45, 7) is 0.719. The third-order valence-electron chi connectivity index (χ3n) is 5.42. The molecule has 1 saturated carbocycles. The second-order valence-electron chi connectivity index (χ2n) is 7.35. The molecule has 1 amide bonds. The van der Waals surface area contributed by atoms with E-state index in [1.54, 1.807) is 21.7 Å². The van der Waals surface area contributed by atoms with E-state index < -0.39 is 0 Å². The molecule has 140 valence electrons. The van der Waals surface area contributed by atoms with Crippen molar-refractivity contribution < 1.29 is 9.59 Å². The molecule has 5 nitrogen and oxygen atoms in total. The van der Waals surface area contributed by atoms with Gasteiger partial charge in [-0.15, -0.1) is 0 Å². The number of carbonyl (C=O) groups is 2. The third-order valence-corrected chi connectivity index (χ3v) is 5.42. The molecule has 2 aromatic rings. The van der Waals surface area contributed by atoms with Gasteiger partial charge >= 0.3 is 0 Å². The SMILES string of the molecule is O=C1CCCN1c1cccc(C(=O)n2ccccc2=NC2CCCCC2)c1. The Morgan fingerprint density at radius 3 is 2.63 bits per heavy atom. The van der Waals surface area contributed by atoms with Crippen LogP contribution in [0.1, 0.15) is 55.3 Å². The molecule has 4 rings (SSSR count). The number of amides is 1. The minimum Gasteiger partial charge on any atom is -0.312 e. The molecule has 2 fully saturated rings. The fourth-order valence-corrected chi connectivity index (χ4v) is 3.98. The first-order valence-corrected chi connectivity index (χ1v) is 9.89. The first-order chi connectivity index (χ1) is 13.2. The fourth-order valence-electron chi connectivity index (χ4n) is 3.98. The highest BCUT2D eigenvalue weighted by Gasteiger charge is 2.22. The Kier molecular flexibility index (Phi) is 5.19. The minimum absolute atomic E-state index is 0.112. The fraction of sp³-hybridized carbons (Fsp3) is 0.409. The summed E-state index contributed by atoms with van der Waals surface area (Å²) in [6.07, 6.45) is 9.11. The summed E-state index contributed by atoms with van der Waals surface area (Å²) in [7, 11) is 0. The molecule has 27 heavy (non-hydrogen) atoms. The van der Waals surface area contributed by atoms with Crippen LogP contribution in [0.25, 0.3) is 0 Å². The molecule has 2 aliphatic rings. The lowest BCUT2D eigenvalue weighted by Gasteiger charge is -2.18. The summed E-state index contributed by atoms with van der Waals surface area (Å²) in [5.41, 5.74) is 2.08. The molecule has 0 bridgehead atoms. The summed E-state index contributed by atoms with van der Waals surface area (Å²) < 4.78 is 1.62. The van der Waals surface area contributed by atoms with Gasteiger partial charge in [0.05, 0.1) is 6.04 Å². The lowest BCUT2D eigenvalue weighted by atomic mass is 9.96. The zero-order valence-electron chi connectivity index (χ0n) is 15.5. The number of aromatic nitrogens is 1. The Morgan fingerprint density at radius 2 is 1.85 bits per heavy atom. The largest absolute Gasteiger partial charge is 0.312 e. The van der Waals surface area contributed by atoms with Gasteiger partial charge in [-0.2, -0.15) is 0 Å². The average molecular weight is 363 g/mol. The Morgan fingerprint density at radius 1 is 1.00 bits per heavy atom. The van der Waals surface area contributed by atoms with E-state index in [0.29, 0.717) is 23.5 Å². The van der Waals surface area contributed by atoms with Gasteiger partial charge in [-0.3, -0.25) is 19.1 Å². The van der Waals surface area contributed by atoms with Gasteiger partial charge in [0.1, 0.15) is 5.49 Å². The Balaban J connectivity index is 1.65. The molecule has 1 aliphatic carbocycles. The molecule has 0 N–H and O–H groups in total. The highest BCUT2D eigenvalue weighted by molar-refractivity contribution is 5.99. The number of nitrogens with zero attached hydrogens (tertiary/aromatic N) is 3. The maximum absolute atomic E-state index is 13.2. The van der Waals surface area contributed by atoms with Crippen molar-refractivity contribution in [3.8, 4) is 0 Å². The molecule has 1 aromatic heterocycles. The van der Waals surface area contributed by atoms with E-state index in [1.165, 1.54) is 19.3 Å². The second kappa shape index (κ2) is 7.91. The summed E-state index contributed by atoms with van der Waals surface area (Å²) >= 11 is 0. The molecule has 1 saturated heterocycles. The second-order valence-corrected chi connectivity index (χ2v) is 7.35. The van der Waals surface area contributed by atoms with E-state index in [0.717, 1.165) is 31.5 Å². The van der Waals surface area contributed by atoms with Gasteiger partial charge < -0.3 is 4.90 Å². The molecule has 5 heteroatoms. The Hall–Kier alpha value is -2.69. The number of rotatable bonds is 3. The Labute approximate surface area is 159 Å². The van der Waals surface area contributed by atoms with E-state index in [2.05, 4.69) is 0 Å². The van der Waals surface area contributed by atoms with Crippen molar-refractivity contribution in [1.82, 2.24) is 4.57 Å². The van der Waals surface area contributed by atoms with Crippen LogP contribution in [-0.4, -0.2) is 29.0 Å². The van der Waals surface area contributed by atoms with Gasteiger partial charge in [-0.05, 0) is 49.6 Å². The number of benzene rings is 1. The number of carbonyl (C=O) groups excluding carboxylic acids is 2. The smallest absolute Gasteiger partial charge is 0.263 e. The highest BCUT2D eigenvalue weighted by atomic mass is 16.2. The number of pyridine rings is 1. The van der Waals surface area contributed by atoms with Gasteiger partial charge in [-0.25, -0.2) is 0 Å². The first-order valence-electron chi connectivity index (χ1n) is 9.89.